The van der Waals surface area contributed by atoms with Crippen LogP contribution in [0.4, 0.5) is 5.69 Å². The molecule has 0 saturated carbocycles. The van der Waals surface area contributed by atoms with Crippen LogP contribution in [-0.2, 0) is 19.1 Å². The highest BCUT2D eigenvalue weighted by Gasteiger charge is 2.67. The highest BCUT2D eigenvalue weighted by Crippen LogP contribution is 2.53. The second-order valence-corrected chi connectivity index (χ2v) is 7.76. The summed E-state index contributed by atoms with van der Waals surface area (Å²) in [6.07, 6.45) is 3.43. The van der Waals surface area contributed by atoms with Gasteiger partial charge in [-0.15, -0.1) is 0 Å². The summed E-state index contributed by atoms with van der Waals surface area (Å²) in [4.78, 5) is 27.3. The number of hydrogen-bond acceptors (Lipinski definition) is 4. The van der Waals surface area contributed by atoms with E-state index in [1.807, 2.05) is 32.1 Å². The number of benzene rings is 1. The number of fused-ring (bicyclic) bond motifs is 1. The molecule has 0 N–H and O–H groups in total. The fourth-order valence-corrected chi connectivity index (χ4v) is 4.16. The second-order valence-electron chi connectivity index (χ2n) is 7.33. The molecule has 2 saturated heterocycles. The van der Waals surface area contributed by atoms with Gasteiger partial charge in [-0.3, -0.25) is 9.59 Å². The van der Waals surface area contributed by atoms with Crippen LogP contribution in [0.25, 0.3) is 0 Å². The Balaban J connectivity index is 1.62. The molecule has 4 rings (SSSR count). The van der Waals surface area contributed by atoms with Crippen molar-refractivity contribution in [3.05, 3.63) is 41.4 Å². The summed E-state index contributed by atoms with van der Waals surface area (Å²) in [5, 5.41) is 0.563. The predicted octanol–water partition coefficient (Wildman–Crippen LogP) is 2.83. The standard InChI is InChI=1S/C19H20ClNO4/c1-11(2)9-24-18(23)15-14-6-7-19(25-14)10-21(17(22)16(15)19)13-5-3-4-12(20)8-13/h3-8,11,14-16H,9-10H2,1-2H3/t14-,15+,16+,19-/m1/s1. The van der Waals surface area contributed by atoms with E-state index in [0.717, 1.165) is 5.69 Å². The van der Waals surface area contributed by atoms with E-state index in [4.69, 9.17) is 21.1 Å². The number of anilines is 1. The van der Waals surface area contributed by atoms with E-state index in [2.05, 4.69) is 0 Å². The van der Waals surface area contributed by atoms with Gasteiger partial charge in [-0.05, 0) is 24.1 Å². The maximum atomic E-state index is 13.1. The molecule has 0 aromatic heterocycles. The van der Waals surface area contributed by atoms with Gasteiger partial charge in [-0.1, -0.05) is 43.7 Å². The van der Waals surface area contributed by atoms with Crippen molar-refractivity contribution in [2.75, 3.05) is 18.1 Å². The average Bonchev–Trinajstić information content (AvgIpc) is 3.21. The molecule has 0 radical (unpaired) electrons. The van der Waals surface area contributed by atoms with Crippen molar-refractivity contribution in [3.63, 3.8) is 0 Å². The van der Waals surface area contributed by atoms with Gasteiger partial charge in [0.1, 0.15) is 11.5 Å². The highest BCUT2D eigenvalue weighted by atomic mass is 35.5. The fraction of sp³-hybridized carbons (Fsp3) is 0.474. The molecule has 132 valence electrons. The van der Waals surface area contributed by atoms with Crippen LogP contribution >= 0.6 is 11.6 Å². The summed E-state index contributed by atoms with van der Waals surface area (Å²) in [5.74, 6) is -1.34. The van der Waals surface area contributed by atoms with Crippen molar-refractivity contribution >= 4 is 29.2 Å². The van der Waals surface area contributed by atoms with Gasteiger partial charge in [-0.2, -0.15) is 0 Å². The smallest absolute Gasteiger partial charge is 0.312 e. The minimum atomic E-state index is -0.744. The van der Waals surface area contributed by atoms with Gasteiger partial charge in [-0.25, -0.2) is 0 Å². The summed E-state index contributed by atoms with van der Waals surface area (Å²) < 4.78 is 11.5. The lowest BCUT2D eigenvalue weighted by molar-refractivity contribution is -0.153. The van der Waals surface area contributed by atoms with Crippen LogP contribution < -0.4 is 4.90 Å². The lowest BCUT2D eigenvalue weighted by Crippen LogP contribution is -2.40. The van der Waals surface area contributed by atoms with Gasteiger partial charge in [0.15, 0.2) is 0 Å². The van der Waals surface area contributed by atoms with Gasteiger partial charge in [0.2, 0.25) is 5.91 Å². The van der Waals surface area contributed by atoms with Crippen molar-refractivity contribution in [2.45, 2.75) is 25.6 Å². The van der Waals surface area contributed by atoms with E-state index in [9.17, 15) is 9.59 Å². The molecule has 25 heavy (non-hydrogen) atoms. The number of nitrogens with zero attached hydrogens (tertiary/aromatic N) is 1. The molecule has 1 aromatic rings. The first-order valence-electron chi connectivity index (χ1n) is 8.52. The van der Waals surface area contributed by atoms with Crippen molar-refractivity contribution in [1.29, 1.82) is 0 Å². The van der Waals surface area contributed by atoms with Crippen molar-refractivity contribution in [3.8, 4) is 0 Å². The average molecular weight is 362 g/mol. The molecule has 2 fully saturated rings. The molecule has 3 aliphatic rings. The third-order valence-electron chi connectivity index (χ3n) is 5.05. The van der Waals surface area contributed by atoms with Crippen molar-refractivity contribution < 1.29 is 19.1 Å². The summed E-state index contributed by atoms with van der Waals surface area (Å²) in [6, 6.07) is 7.15. The number of ether oxygens (including phenoxy) is 2. The van der Waals surface area contributed by atoms with Gasteiger partial charge in [0, 0.05) is 10.7 Å². The summed E-state index contributed by atoms with van der Waals surface area (Å²) in [5.41, 5.74) is -0.0259. The van der Waals surface area contributed by atoms with Crippen LogP contribution in [0.15, 0.2) is 36.4 Å². The Morgan fingerprint density at radius 3 is 3.00 bits per heavy atom. The first kappa shape index (κ1) is 16.6. The van der Waals surface area contributed by atoms with Crippen molar-refractivity contribution in [2.24, 2.45) is 17.8 Å². The van der Waals surface area contributed by atoms with Crippen LogP contribution in [0.5, 0.6) is 0 Å². The van der Waals surface area contributed by atoms with Gasteiger partial charge in [0.05, 0.1) is 25.2 Å². The lowest BCUT2D eigenvalue weighted by Gasteiger charge is -2.23. The van der Waals surface area contributed by atoms with E-state index >= 15 is 0 Å². The third kappa shape index (κ3) is 2.57. The maximum Gasteiger partial charge on any atom is 0.312 e. The Bertz CT molecular complexity index is 762. The number of carbonyl (C=O) groups is 2. The lowest BCUT2D eigenvalue weighted by atomic mass is 9.77. The fourth-order valence-electron chi connectivity index (χ4n) is 3.97. The van der Waals surface area contributed by atoms with Crippen LogP contribution in [0.2, 0.25) is 5.02 Å². The van der Waals surface area contributed by atoms with E-state index in [0.29, 0.717) is 18.2 Å². The SMILES string of the molecule is CC(C)COC(=O)[C@@H]1[C@H]2C(=O)N(c3cccc(Cl)c3)C[C@]23C=C[C@H]1O3. The first-order chi connectivity index (χ1) is 11.9. The predicted molar refractivity (Wildman–Crippen MR) is 93.3 cm³/mol. The molecule has 0 aliphatic carbocycles. The zero-order chi connectivity index (χ0) is 17.8. The normalized spacial score (nSPS) is 32.6. The van der Waals surface area contributed by atoms with E-state index < -0.39 is 17.4 Å². The van der Waals surface area contributed by atoms with E-state index in [-0.39, 0.29) is 23.9 Å². The number of carbonyl (C=O) groups excluding carboxylic acids is 2. The summed E-state index contributed by atoms with van der Waals surface area (Å²) >= 11 is 6.06. The molecule has 1 spiro atoms. The zero-order valence-corrected chi connectivity index (χ0v) is 14.9. The number of halogens is 1. The Kier molecular flexibility index (Phi) is 3.89. The van der Waals surface area contributed by atoms with E-state index in [1.165, 1.54) is 0 Å². The Labute approximate surface area is 151 Å². The molecule has 0 unspecified atom stereocenters. The van der Waals surface area contributed by atoms with Crippen molar-refractivity contribution in [1.82, 2.24) is 0 Å². The molecule has 2 bridgehead atoms. The van der Waals surface area contributed by atoms with E-state index in [1.54, 1.807) is 23.1 Å². The zero-order valence-electron chi connectivity index (χ0n) is 14.1. The molecule has 3 heterocycles. The topological polar surface area (TPSA) is 55.8 Å². The molecule has 3 aliphatic heterocycles. The molecule has 1 amide bonds. The quantitative estimate of drug-likeness (QED) is 0.611. The van der Waals surface area contributed by atoms with Crippen LogP contribution in [0.3, 0.4) is 0 Å². The number of hydrogen-bond donors (Lipinski definition) is 0. The maximum absolute atomic E-state index is 13.1. The Morgan fingerprint density at radius 1 is 1.48 bits per heavy atom. The number of esters is 1. The monoisotopic (exact) mass is 361 g/mol. The van der Waals surface area contributed by atoms with Crippen LogP contribution in [0, 0.1) is 17.8 Å². The van der Waals surface area contributed by atoms with Crippen LogP contribution in [-0.4, -0.2) is 36.7 Å². The third-order valence-corrected chi connectivity index (χ3v) is 5.29. The molecule has 1 aromatic carbocycles. The van der Waals surface area contributed by atoms with Gasteiger partial charge < -0.3 is 14.4 Å². The second kappa shape index (κ2) is 5.85. The highest BCUT2D eigenvalue weighted by molar-refractivity contribution is 6.31. The summed E-state index contributed by atoms with van der Waals surface area (Å²) in [7, 11) is 0. The number of amides is 1. The Hall–Kier alpha value is -1.85. The molecule has 4 atom stereocenters. The summed E-state index contributed by atoms with van der Waals surface area (Å²) in [6.45, 7) is 4.69. The minimum Gasteiger partial charge on any atom is -0.465 e. The number of rotatable bonds is 4. The largest absolute Gasteiger partial charge is 0.465 e. The van der Waals surface area contributed by atoms with Gasteiger partial charge in [0.25, 0.3) is 0 Å². The molecular weight excluding hydrogens is 342 g/mol. The molecule has 5 nitrogen and oxygen atoms in total. The first-order valence-corrected chi connectivity index (χ1v) is 8.90. The Morgan fingerprint density at radius 2 is 2.28 bits per heavy atom. The molecular formula is C19H20ClNO4. The van der Waals surface area contributed by atoms with Crippen LogP contribution in [0.1, 0.15) is 13.8 Å². The molecule has 6 heteroatoms. The minimum absolute atomic E-state index is 0.111. The van der Waals surface area contributed by atoms with Gasteiger partial charge >= 0.3 is 5.97 Å².